The zero-order valence-corrected chi connectivity index (χ0v) is 13.5. The van der Waals surface area contributed by atoms with Crippen LogP contribution in [0.2, 0.25) is 5.02 Å². The molecule has 7 heteroatoms. The third kappa shape index (κ3) is 3.76. The number of hydrogen-bond acceptors (Lipinski definition) is 3. The Morgan fingerprint density at radius 1 is 1.27 bits per heavy atom. The molecule has 22 heavy (non-hydrogen) atoms. The second-order valence-electron chi connectivity index (χ2n) is 6.31. The summed E-state index contributed by atoms with van der Waals surface area (Å²) in [6, 6.07) is 6.93. The number of aliphatic carboxylic acids is 1. The molecule has 1 N–H and O–H groups in total. The van der Waals surface area contributed by atoms with E-state index in [4.69, 9.17) is 16.7 Å². The lowest BCUT2D eigenvalue weighted by Gasteiger charge is -2.19. The summed E-state index contributed by atoms with van der Waals surface area (Å²) in [6.45, 7) is 5.97. The molecular formula is C15H18ClN3O3. The molecule has 0 aliphatic heterocycles. The van der Waals surface area contributed by atoms with E-state index in [-0.39, 0.29) is 5.41 Å². The number of benzene rings is 1. The smallest absolute Gasteiger partial charge is 0.346 e. The first-order valence-electron chi connectivity index (χ1n) is 6.83. The van der Waals surface area contributed by atoms with Crippen LogP contribution in [0.4, 0.5) is 0 Å². The van der Waals surface area contributed by atoms with E-state index in [0.717, 1.165) is 10.2 Å². The van der Waals surface area contributed by atoms with Gasteiger partial charge in [-0.15, -0.1) is 5.10 Å². The van der Waals surface area contributed by atoms with Gasteiger partial charge in [-0.05, 0) is 29.7 Å². The minimum absolute atomic E-state index is 0.151. The summed E-state index contributed by atoms with van der Waals surface area (Å²) in [4.78, 5) is 23.3. The maximum Gasteiger partial charge on any atom is 0.346 e. The van der Waals surface area contributed by atoms with Crippen molar-refractivity contribution >= 4 is 17.6 Å². The molecule has 0 unspecified atom stereocenters. The molecule has 2 rings (SSSR count). The fraction of sp³-hybridized carbons (Fsp3) is 0.400. The average Bonchev–Trinajstić information content (AvgIpc) is 2.66. The molecule has 1 heterocycles. The van der Waals surface area contributed by atoms with Crippen molar-refractivity contribution in [2.24, 2.45) is 5.41 Å². The first-order chi connectivity index (χ1) is 10.2. The molecule has 0 aliphatic rings. The largest absolute Gasteiger partial charge is 0.480 e. The number of halogens is 1. The van der Waals surface area contributed by atoms with Crippen molar-refractivity contribution in [3.8, 4) is 11.4 Å². The first kappa shape index (κ1) is 16.3. The average molecular weight is 324 g/mol. The summed E-state index contributed by atoms with van der Waals surface area (Å²) in [5, 5.41) is 13.7. The van der Waals surface area contributed by atoms with Crippen molar-refractivity contribution in [3.63, 3.8) is 0 Å². The fourth-order valence-corrected chi connectivity index (χ4v) is 2.23. The van der Waals surface area contributed by atoms with E-state index < -0.39 is 18.2 Å². The number of carboxylic acid groups (broad SMARTS) is 1. The molecule has 2 aromatic rings. The van der Waals surface area contributed by atoms with Gasteiger partial charge in [0.1, 0.15) is 6.54 Å². The van der Waals surface area contributed by atoms with Gasteiger partial charge in [-0.2, -0.15) is 0 Å². The Bertz CT molecular complexity index is 739. The van der Waals surface area contributed by atoms with E-state index in [1.165, 1.54) is 4.57 Å². The predicted octanol–water partition coefficient (Wildman–Crippen LogP) is 2.50. The monoisotopic (exact) mass is 323 g/mol. The Labute approximate surface area is 133 Å². The molecule has 0 saturated carbocycles. The second kappa shape index (κ2) is 5.96. The molecule has 0 radical (unpaired) electrons. The highest BCUT2D eigenvalue weighted by Gasteiger charge is 2.21. The van der Waals surface area contributed by atoms with Crippen LogP contribution in [0.3, 0.4) is 0 Å². The van der Waals surface area contributed by atoms with Crippen molar-refractivity contribution in [1.82, 2.24) is 14.3 Å². The lowest BCUT2D eigenvalue weighted by molar-refractivity contribution is -0.137. The van der Waals surface area contributed by atoms with Crippen molar-refractivity contribution in [2.75, 3.05) is 0 Å². The Morgan fingerprint density at radius 3 is 2.36 bits per heavy atom. The standard InChI is InChI=1S/C15H18ClN3O3/c1-15(2,3)9-18-13(10-4-6-11(16)7-5-10)17-19(14(18)22)8-12(20)21/h4-7H,8-9H2,1-3H3,(H,20,21). The molecule has 118 valence electrons. The van der Waals surface area contributed by atoms with E-state index in [1.54, 1.807) is 24.3 Å². The fourth-order valence-electron chi connectivity index (χ4n) is 2.10. The highest BCUT2D eigenvalue weighted by molar-refractivity contribution is 6.30. The summed E-state index contributed by atoms with van der Waals surface area (Å²) in [6.07, 6.45) is 0. The highest BCUT2D eigenvalue weighted by Crippen LogP contribution is 2.22. The number of nitrogens with zero attached hydrogens (tertiary/aromatic N) is 3. The van der Waals surface area contributed by atoms with Crippen LogP contribution in [0.1, 0.15) is 20.8 Å². The predicted molar refractivity (Wildman–Crippen MR) is 84.0 cm³/mol. The Kier molecular flexibility index (Phi) is 4.42. The van der Waals surface area contributed by atoms with Gasteiger partial charge < -0.3 is 5.11 Å². The number of hydrogen-bond donors (Lipinski definition) is 1. The maximum absolute atomic E-state index is 12.4. The minimum Gasteiger partial charge on any atom is -0.480 e. The first-order valence-corrected chi connectivity index (χ1v) is 7.20. The molecule has 0 spiro atoms. The SMILES string of the molecule is CC(C)(C)Cn1c(-c2ccc(Cl)cc2)nn(CC(=O)O)c1=O. The number of carboxylic acids is 1. The number of carbonyl (C=O) groups is 1. The molecule has 0 fully saturated rings. The number of aromatic nitrogens is 3. The van der Waals surface area contributed by atoms with Crippen molar-refractivity contribution in [3.05, 3.63) is 39.8 Å². The Hall–Kier alpha value is -2.08. The van der Waals surface area contributed by atoms with Crippen LogP contribution in [0.25, 0.3) is 11.4 Å². The molecule has 6 nitrogen and oxygen atoms in total. The van der Waals surface area contributed by atoms with Gasteiger partial charge in [-0.25, -0.2) is 9.48 Å². The molecule has 1 aromatic carbocycles. The van der Waals surface area contributed by atoms with Crippen molar-refractivity contribution in [1.29, 1.82) is 0 Å². The van der Waals surface area contributed by atoms with Gasteiger partial charge in [0.2, 0.25) is 0 Å². The van der Waals surface area contributed by atoms with Gasteiger partial charge in [-0.1, -0.05) is 32.4 Å². The van der Waals surface area contributed by atoms with Crippen LogP contribution >= 0.6 is 11.6 Å². The van der Waals surface area contributed by atoms with Gasteiger partial charge >= 0.3 is 11.7 Å². The molecule has 0 amide bonds. The Morgan fingerprint density at radius 2 is 1.86 bits per heavy atom. The third-order valence-corrected chi connectivity index (χ3v) is 3.19. The molecule has 0 aliphatic carbocycles. The van der Waals surface area contributed by atoms with E-state index in [2.05, 4.69) is 5.10 Å². The van der Waals surface area contributed by atoms with Gasteiger partial charge in [0.05, 0.1) is 0 Å². The van der Waals surface area contributed by atoms with Crippen molar-refractivity contribution in [2.45, 2.75) is 33.9 Å². The summed E-state index contributed by atoms with van der Waals surface area (Å²) < 4.78 is 2.48. The molecular weight excluding hydrogens is 306 g/mol. The third-order valence-electron chi connectivity index (χ3n) is 2.94. The van der Waals surface area contributed by atoms with Gasteiger partial charge in [0, 0.05) is 17.1 Å². The van der Waals surface area contributed by atoms with Crippen LogP contribution < -0.4 is 5.69 Å². The molecule has 1 aromatic heterocycles. The zero-order valence-electron chi connectivity index (χ0n) is 12.7. The van der Waals surface area contributed by atoms with Crippen molar-refractivity contribution < 1.29 is 9.90 Å². The molecule has 0 bridgehead atoms. The van der Waals surface area contributed by atoms with Crippen LogP contribution in [0.15, 0.2) is 29.1 Å². The molecule has 0 saturated heterocycles. The maximum atomic E-state index is 12.4. The van der Waals surface area contributed by atoms with Gasteiger partial charge in [0.25, 0.3) is 0 Å². The summed E-state index contributed by atoms with van der Waals surface area (Å²) in [5.41, 5.74) is 0.138. The number of rotatable bonds is 4. The van der Waals surface area contributed by atoms with Crippen LogP contribution in [0, 0.1) is 5.41 Å². The minimum atomic E-state index is -1.11. The van der Waals surface area contributed by atoms with E-state index in [1.807, 2.05) is 20.8 Å². The lowest BCUT2D eigenvalue weighted by Crippen LogP contribution is -2.31. The van der Waals surface area contributed by atoms with Crippen LogP contribution in [-0.4, -0.2) is 25.4 Å². The topological polar surface area (TPSA) is 77.1 Å². The van der Waals surface area contributed by atoms with Gasteiger partial charge in [-0.3, -0.25) is 9.36 Å². The quantitative estimate of drug-likeness (QED) is 0.937. The second-order valence-corrected chi connectivity index (χ2v) is 6.75. The summed E-state index contributed by atoms with van der Waals surface area (Å²) >= 11 is 5.88. The van der Waals surface area contributed by atoms with E-state index in [9.17, 15) is 9.59 Å². The summed E-state index contributed by atoms with van der Waals surface area (Å²) in [7, 11) is 0. The Balaban J connectivity index is 2.57. The van der Waals surface area contributed by atoms with E-state index >= 15 is 0 Å². The van der Waals surface area contributed by atoms with E-state index in [0.29, 0.717) is 17.4 Å². The van der Waals surface area contributed by atoms with Gasteiger partial charge in [0.15, 0.2) is 5.82 Å². The summed E-state index contributed by atoms with van der Waals surface area (Å²) in [5.74, 6) is -0.664. The van der Waals surface area contributed by atoms with Crippen LogP contribution in [-0.2, 0) is 17.9 Å². The zero-order chi connectivity index (χ0) is 16.5. The highest BCUT2D eigenvalue weighted by atomic mass is 35.5. The van der Waals surface area contributed by atoms with Crippen LogP contribution in [0.5, 0.6) is 0 Å². The normalized spacial score (nSPS) is 11.6. The molecule has 0 atom stereocenters. The lowest BCUT2D eigenvalue weighted by atomic mass is 9.97.